The zero-order valence-corrected chi connectivity index (χ0v) is 38.2. The molecule has 0 bridgehead atoms. The standard InChI is InChI=1S/C58H48N2S2/c1-33-13-34(2)18-47(17-33)59(48-19-35(3)14-36(4)20-48)45-11-9-41-27-51-53-31-54-52-28-42-10-12-46(60(49-21-37(5)15-38(6)22-49)50-23-39(7)16-40(8)24-50)26-44(42)30-56(52)62-58(54)32-57(53)61-55(51)29-43(41)25-45/h9-32H,1-8H3. The Hall–Kier alpha value is -6.46. The number of aryl methyl sites for hydroxylation is 8. The lowest BCUT2D eigenvalue weighted by molar-refractivity contribution is 1.24. The summed E-state index contributed by atoms with van der Waals surface area (Å²) < 4.78 is 5.33. The van der Waals surface area contributed by atoms with Gasteiger partial charge in [0.2, 0.25) is 0 Å². The lowest BCUT2D eigenvalue weighted by Crippen LogP contribution is -2.11. The zero-order valence-electron chi connectivity index (χ0n) is 36.6. The molecule has 2 nitrogen and oxygen atoms in total. The largest absolute Gasteiger partial charge is 0.310 e. The van der Waals surface area contributed by atoms with Crippen molar-refractivity contribution >= 4 is 119 Å². The van der Waals surface area contributed by atoms with E-state index in [0.29, 0.717) is 0 Å². The van der Waals surface area contributed by atoms with Gasteiger partial charge in [0.25, 0.3) is 0 Å². The molecular formula is C58H48N2S2. The molecule has 0 saturated carbocycles. The maximum Gasteiger partial charge on any atom is 0.0468 e. The topological polar surface area (TPSA) is 6.48 Å². The highest BCUT2D eigenvalue weighted by Crippen LogP contribution is 2.46. The third kappa shape index (κ3) is 6.79. The van der Waals surface area contributed by atoms with Gasteiger partial charge in [0.15, 0.2) is 0 Å². The Morgan fingerprint density at radius 1 is 0.242 bits per heavy atom. The smallest absolute Gasteiger partial charge is 0.0468 e. The summed E-state index contributed by atoms with van der Waals surface area (Å²) >= 11 is 3.82. The average molecular weight is 837 g/mol. The quantitative estimate of drug-likeness (QED) is 0.165. The SMILES string of the molecule is Cc1cc(C)cc(N(c2cc(C)cc(C)c2)c2ccc3cc4c(cc3c2)sc2cc3sc5cc6cc(N(c7cc(C)cc(C)c7)c7cc(C)cc(C)c7)ccc6cc5c3cc24)c1. The van der Waals surface area contributed by atoms with Gasteiger partial charge in [0, 0.05) is 74.5 Å². The summed E-state index contributed by atoms with van der Waals surface area (Å²) in [4.78, 5) is 4.84. The van der Waals surface area contributed by atoms with Crippen LogP contribution in [0.1, 0.15) is 44.5 Å². The summed E-state index contributed by atoms with van der Waals surface area (Å²) in [7, 11) is 0. The predicted molar refractivity (Wildman–Crippen MR) is 274 cm³/mol. The fraction of sp³-hybridized carbons (Fsp3) is 0.138. The van der Waals surface area contributed by atoms with Crippen LogP contribution in [0.3, 0.4) is 0 Å². The molecule has 0 aliphatic heterocycles. The van der Waals surface area contributed by atoms with Crippen LogP contribution in [0.4, 0.5) is 34.1 Å². The monoisotopic (exact) mass is 836 g/mol. The van der Waals surface area contributed by atoms with E-state index in [4.69, 9.17) is 0 Å². The van der Waals surface area contributed by atoms with Crippen molar-refractivity contribution in [2.24, 2.45) is 0 Å². The molecule has 0 fully saturated rings. The highest BCUT2D eigenvalue weighted by molar-refractivity contribution is 7.28. The summed E-state index contributed by atoms with van der Waals surface area (Å²) in [6.45, 7) is 17.5. The van der Waals surface area contributed by atoms with Gasteiger partial charge in [-0.2, -0.15) is 0 Å². The van der Waals surface area contributed by atoms with Gasteiger partial charge in [-0.15, -0.1) is 22.7 Å². The maximum atomic E-state index is 2.46. The summed E-state index contributed by atoms with van der Waals surface area (Å²) in [5.41, 5.74) is 17.2. The van der Waals surface area contributed by atoms with Gasteiger partial charge in [0.1, 0.15) is 0 Å². The molecule has 0 amide bonds. The van der Waals surface area contributed by atoms with Crippen molar-refractivity contribution in [1.29, 1.82) is 0 Å². The Bertz CT molecular complexity index is 3220. The number of hydrogen-bond donors (Lipinski definition) is 0. The summed E-state index contributed by atoms with van der Waals surface area (Å²) in [6, 6.07) is 55.9. The van der Waals surface area contributed by atoms with Crippen LogP contribution >= 0.6 is 22.7 Å². The number of rotatable bonds is 6. The molecule has 11 aromatic rings. The molecule has 0 unspecified atom stereocenters. The fourth-order valence-corrected chi connectivity index (χ4v) is 12.4. The molecule has 0 radical (unpaired) electrons. The Kier molecular flexibility index (Phi) is 9.05. The summed E-state index contributed by atoms with van der Waals surface area (Å²) in [5, 5.41) is 10.4. The number of nitrogens with zero attached hydrogens (tertiary/aromatic N) is 2. The molecule has 0 spiro atoms. The van der Waals surface area contributed by atoms with Crippen LogP contribution in [0.15, 0.2) is 146 Å². The first-order valence-electron chi connectivity index (χ1n) is 21.5. The molecule has 2 aromatic heterocycles. The average Bonchev–Trinajstić information content (AvgIpc) is 3.72. The van der Waals surface area contributed by atoms with E-state index in [1.807, 2.05) is 22.7 Å². The van der Waals surface area contributed by atoms with Crippen LogP contribution in [-0.2, 0) is 0 Å². The molecule has 11 rings (SSSR count). The first-order valence-corrected chi connectivity index (χ1v) is 23.2. The van der Waals surface area contributed by atoms with Gasteiger partial charge < -0.3 is 9.80 Å². The second-order valence-corrected chi connectivity index (χ2v) is 20.0. The molecule has 0 aliphatic carbocycles. The molecule has 0 N–H and O–H groups in total. The number of thiophene rings is 2. The van der Waals surface area contributed by atoms with E-state index in [1.54, 1.807) is 0 Å². The predicted octanol–water partition coefficient (Wildman–Crippen LogP) is 18.1. The molecule has 2 heterocycles. The molecular weight excluding hydrogens is 789 g/mol. The van der Waals surface area contributed by atoms with Crippen LogP contribution in [0.5, 0.6) is 0 Å². The van der Waals surface area contributed by atoms with E-state index in [1.165, 1.54) is 141 Å². The lowest BCUT2D eigenvalue weighted by atomic mass is 10.0. The first-order chi connectivity index (χ1) is 29.9. The van der Waals surface area contributed by atoms with Gasteiger partial charge >= 0.3 is 0 Å². The van der Waals surface area contributed by atoms with Crippen molar-refractivity contribution in [2.45, 2.75) is 55.4 Å². The second-order valence-electron chi connectivity index (χ2n) is 17.9. The van der Waals surface area contributed by atoms with Crippen LogP contribution in [0.2, 0.25) is 0 Å². The number of fused-ring (bicyclic) bond motifs is 8. The van der Waals surface area contributed by atoms with Crippen LogP contribution in [0.25, 0.3) is 61.9 Å². The Morgan fingerprint density at radius 3 is 0.855 bits per heavy atom. The van der Waals surface area contributed by atoms with Gasteiger partial charge in [-0.1, -0.05) is 36.4 Å². The third-order valence-corrected chi connectivity index (χ3v) is 14.6. The van der Waals surface area contributed by atoms with Crippen LogP contribution < -0.4 is 9.80 Å². The minimum Gasteiger partial charge on any atom is -0.310 e. The van der Waals surface area contributed by atoms with Crippen molar-refractivity contribution < 1.29 is 0 Å². The van der Waals surface area contributed by atoms with Gasteiger partial charge in [-0.3, -0.25) is 0 Å². The second kappa shape index (κ2) is 14.6. The minimum atomic E-state index is 1.17. The van der Waals surface area contributed by atoms with E-state index in [-0.39, 0.29) is 0 Å². The van der Waals surface area contributed by atoms with Gasteiger partial charge in [-0.05, 0) is 231 Å². The van der Waals surface area contributed by atoms with E-state index in [9.17, 15) is 0 Å². The molecule has 0 atom stereocenters. The fourth-order valence-electron chi connectivity index (χ4n) is 10.00. The number of anilines is 6. The molecule has 0 aliphatic rings. The molecule has 62 heavy (non-hydrogen) atoms. The zero-order chi connectivity index (χ0) is 42.6. The van der Waals surface area contributed by atoms with Crippen molar-refractivity contribution in [3.8, 4) is 0 Å². The number of benzene rings is 9. The molecule has 4 heteroatoms. The Labute approximate surface area is 371 Å². The Morgan fingerprint density at radius 2 is 0.532 bits per heavy atom. The summed E-state index contributed by atoms with van der Waals surface area (Å²) in [5.74, 6) is 0. The maximum absolute atomic E-state index is 2.46. The van der Waals surface area contributed by atoms with Gasteiger partial charge in [-0.25, -0.2) is 0 Å². The van der Waals surface area contributed by atoms with Crippen LogP contribution in [0, 0.1) is 55.4 Å². The van der Waals surface area contributed by atoms with Crippen LogP contribution in [-0.4, -0.2) is 0 Å². The normalized spacial score (nSPS) is 11.9. The van der Waals surface area contributed by atoms with E-state index in [0.717, 1.165) is 0 Å². The minimum absolute atomic E-state index is 1.17. The highest BCUT2D eigenvalue weighted by Gasteiger charge is 2.19. The lowest BCUT2D eigenvalue weighted by Gasteiger charge is -2.27. The number of hydrogen-bond acceptors (Lipinski definition) is 4. The molecule has 0 saturated heterocycles. The Balaban J connectivity index is 1.01. The van der Waals surface area contributed by atoms with Gasteiger partial charge in [0.05, 0.1) is 0 Å². The van der Waals surface area contributed by atoms with E-state index < -0.39 is 0 Å². The highest BCUT2D eigenvalue weighted by atomic mass is 32.1. The molecule has 302 valence electrons. The van der Waals surface area contributed by atoms with Crippen molar-refractivity contribution in [1.82, 2.24) is 0 Å². The van der Waals surface area contributed by atoms with E-state index in [2.05, 4.69) is 211 Å². The first kappa shape index (κ1) is 38.5. The summed E-state index contributed by atoms with van der Waals surface area (Å²) in [6.07, 6.45) is 0. The third-order valence-electron chi connectivity index (χ3n) is 12.3. The van der Waals surface area contributed by atoms with Crippen molar-refractivity contribution in [3.05, 3.63) is 190 Å². The molecule has 9 aromatic carbocycles. The van der Waals surface area contributed by atoms with Crippen molar-refractivity contribution in [3.63, 3.8) is 0 Å². The van der Waals surface area contributed by atoms with Crippen molar-refractivity contribution in [2.75, 3.05) is 9.80 Å². The van der Waals surface area contributed by atoms with E-state index >= 15 is 0 Å².